The van der Waals surface area contributed by atoms with Gasteiger partial charge in [-0.05, 0) is 12.8 Å². The molecule has 0 aromatic carbocycles. The van der Waals surface area contributed by atoms with Gasteiger partial charge in [0.25, 0.3) is 0 Å². The lowest BCUT2D eigenvalue weighted by atomic mass is 10.0. The van der Waals surface area contributed by atoms with E-state index in [4.69, 9.17) is 23.6 Å². The first-order valence-electron chi connectivity index (χ1n) is 22.0. The number of hydrogen-bond donors (Lipinski definition) is 3. The third-order valence-corrected chi connectivity index (χ3v) is 10.7. The molecule has 0 bridgehead atoms. The number of ether oxygens (including phenoxy) is 2. The molecule has 0 radical (unpaired) electrons. The van der Waals surface area contributed by atoms with Crippen molar-refractivity contribution in [2.24, 2.45) is 0 Å². The molecule has 0 aromatic rings. The second-order valence-corrected chi connectivity index (χ2v) is 16.5. The SMILES string of the molecule is CCCCCCCCCCCCCCCCCCOCC(COP(=O)(O)OCC(O)CO)OC(=O)CCCCCCCCCCCCCCCCC. The zero-order valence-corrected chi connectivity index (χ0v) is 35.0. The fourth-order valence-electron chi connectivity index (χ4n) is 6.42. The van der Waals surface area contributed by atoms with Crippen molar-refractivity contribution in [2.75, 3.05) is 33.0 Å². The summed E-state index contributed by atoms with van der Waals surface area (Å²) in [4.78, 5) is 22.6. The molecule has 52 heavy (non-hydrogen) atoms. The maximum atomic E-state index is 12.6. The topological polar surface area (TPSA) is 132 Å². The molecule has 0 heterocycles. The normalized spacial score (nSPS) is 14.0. The van der Waals surface area contributed by atoms with Crippen LogP contribution in [-0.2, 0) is 27.9 Å². The van der Waals surface area contributed by atoms with Gasteiger partial charge in [0, 0.05) is 13.0 Å². The van der Waals surface area contributed by atoms with Gasteiger partial charge in [-0.1, -0.05) is 200 Å². The van der Waals surface area contributed by atoms with Crippen LogP contribution in [0.3, 0.4) is 0 Å². The van der Waals surface area contributed by atoms with Crippen LogP contribution in [0.15, 0.2) is 0 Å². The molecular weight excluding hydrogens is 679 g/mol. The minimum atomic E-state index is -4.51. The lowest BCUT2D eigenvalue weighted by Crippen LogP contribution is -2.29. The Balaban J connectivity index is 4.11. The maximum absolute atomic E-state index is 12.6. The van der Waals surface area contributed by atoms with Crippen molar-refractivity contribution in [3.05, 3.63) is 0 Å². The molecule has 3 unspecified atom stereocenters. The molecule has 0 rings (SSSR count). The van der Waals surface area contributed by atoms with Crippen molar-refractivity contribution in [1.29, 1.82) is 0 Å². The van der Waals surface area contributed by atoms with E-state index in [0.717, 1.165) is 32.1 Å². The second kappa shape index (κ2) is 40.1. The molecule has 3 atom stereocenters. The summed E-state index contributed by atoms with van der Waals surface area (Å²) >= 11 is 0. The van der Waals surface area contributed by atoms with E-state index in [1.165, 1.54) is 167 Å². The summed E-state index contributed by atoms with van der Waals surface area (Å²) in [7, 11) is -4.51. The van der Waals surface area contributed by atoms with Crippen LogP contribution < -0.4 is 0 Å². The maximum Gasteiger partial charge on any atom is 0.472 e. The molecule has 0 aliphatic rings. The van der Waals surface area contributed by atoms with Gasteiger partial charge in [0.15, 0.2) is 0 Å². The first kappa shape index (κ1) is 51.5. The summed E-state index contributed by atoms with van der Waals surface area (Å²) in [6.07, 6.45) is 37.7. The van der Waals surface area contributed by atoms with Crippen LogP contribution >= 0.6 is 7.82 Å². The fraction of sp³-hybridized carbons (Fsp3) is 0.976. The summed E-state index contributed by atoms with van der Waals surface area (Å²) in [6, 6.07) is 0. The van der Waals surface area contributed by atoms with Crippen LogP contribution in [0.5, 0.6) is 0 Å². The smallest absolute Gasteiger partial charge is 0.457 e. The number of esters is 1. The van der Waals surface area contributed by atoms with Crippen LogP contribution in [0.4, 0.5) is 0 Å². The molecule has 9 nitrogen and oxygen atoms in total. The lowest BCUT2D eigenvalue weighted by Gasteiger charge is -2.20. The highest BCUT2D eigenvalue weighted by atomic mass is 31.2. The third kappa shape index (κ3) is 39.2. The number of unbranched alkanes of at least 4 members (excludes halogenated alkanes) is 29. The first-order chi connectivity index (χ1) is 25.3. The van der Waals surface area contributed by atoms with Crippen LogP contribution in [0.1, 0.15) is 219 Å². The molecule has 0 aliphatic heterocycles. The summed E-state index contributed by atoms with van der Waals surface area (Å²) in [6.45, 7) is 3.58. The van der Waals surface area contributed by atoms with E-state index in [9.17, 15) is 19.4 Å². The Morgan fingerprint density at radius 1 is 0.519 bits per heavy atom. The predicted octanol–water partition coefficient (Wildman–Crippen LogP) is 11.9. The van der Waals surface area contributed by atoms with Gasteiger partial charge in [-0.25, -0.2) is 4.57 Å². The minimum absolute atomic E-state index is 0.0581. The zero-order valence-electron chi connectivity index (χ0n) is 34.1. The van der Waals surface area contributed by atoms with Gasteiger partial charge in [-0.3, -0.25) is 13.8 Å². The van der Waals surface area contributed by atoms with E-state index in [0.29, 0.717) is 6.61 Å². The Morgan fingerprint density at radius 2 is 0.865 bits per heavy atom. The number of aliphatic hydroxyl groups excluding tert-OH is 2. The standard InChI is InChI=1S/C42H85O9P/c1-3-5-7-9-11-13-15-17-19-21-23-25-27-29-31-33-35-48-38-41(39-50-52(46,47)49-37-40(44)36-43)51-42(45)34-32-30-28-26-24-22-20-18-16-14-12-10-8-6-4-2/h40-41,43-44H,3-39H2,1-2H3,(H,46,47). The molecule has 0 aliphatic carbocycles. The van der Waals surface area contributed by atoms with E-state index in [-0.39, 0.29) is 25.6 Å². The Labute approximate surface area is 320 Å². The third-order valence-electron chi connectivity index (χ3n) is 9.79. The predicted molar refractivity (Wildman–Crippen MR) is 215 cm³/mol. The molecule has 0 fully saturated rings. The Bertz CT molecular complexity index is 785. The Kier molecular flexibility index (Phi) is 39.7. The Morgan fingerprint density at radius 3 is 1.25 bits per heavy atom. The number of aliphatic hydroxyl groups is 2. The zero-order chi connectivity index (χ0) is 38.2. The average Bonchev–Trinajstić information content (AvgIpc) is 3.13. The number of phosphoric acid groups is 1. The van der Waals surface area contributed by atoms with E-state index >= 15 is 0 Å². The summed E-state index contributed by atoms with van der Waals surface area (Å²) in [5.41, 5.74) is 0. The van der Waals surface area contributed by atoms with Gasteiger partial charge in [-0.15, -0.1) is 0 Å². The first-order valence-corrected chi connectivity index (χ1v) is 23.5. The van der Waals surface area contributed by atoms with Gasteiger partial charge in [-0.2, -0.15) is 0 Å². The van der Waals surface area contributed by atoms with Crippen molar-refractivity contribution in [2.45, 2.75) is 232 Å². The van der Waals surface area contributed by atoms with Crippen molar-refractivity contribution in [3.63, 3.8) is 0 Å². The highest BCUT2D eigenvalue weighted by Gasteiger charge is 2.26. The molecule has 312 valence electrons. The van der Waals surface area contributed by atoms with Crippen LogP contribution in [-0.4, -0.2) is 66.3 Å². The van der Waals surface area contributed by atoms with Gasteiger partial charge >= 0.3 is 13.8 Å². The summed E-state index contributed by atoms with van der Waals surface area (Å²) in [5.74, 6) is -0.376. The van der Waals surface area contributed by atoms with Crippen LogP contribution in [0.25, 0.3) is 0 Å². The van der Waals surface area contributed by atoms with Gasteiger partial charge in [0.1, 0.15) is 12.2 Å². The van der Waals surface area contributed by atoms with Crippen molar-refractivity contribution < 1.29 is 43.0 Å². The largest absolute Gasteiger partial charge is 0.472 e. The summed E-state index contributed by atoms with van der Waals surface area (Å²) in [5, 5.41) is 18.3. The van der Waals surface area contributed by atoms with Gasteiger partial charge < -0.3 is 24.6 Å². The molecule has 0 saturated heterocycles. The van der Waals surface area contributed by atoms with E-state index in [1.807, 2.05) is 0 Å². The number of phosphoric ester groups is 1. The molecule has 0 saturated carbocycles. The average molecular weight is 765 g/mol. The summed E-state index contributed by atoms with van der Waals surface area (Å²) < 4.78 is 33.4. The van der Waals surface area contributed by atoms with Gasteiger partial charge in [0.2, 0.25) is 0 Å². The Hall–Kier alpha value is -0.540. The molecule has 0 spiro atoms. The number of carbonyl (C=O) groups is 1. The molecule has 0 amide bonds. The molecule has 10 heteroatoms. The number of carbonyl (C=O) groups excluding carboxylic acids is 1. The quantitative estimate of drug-likeness (QED) is 0.0315. The number of hydrogen-bond acceptors (Lipinski definition) is 8. The molecule has 3 N–H and O–H groups in total. The van der Waals surface area contributed by atoms with E-state index in [2.05, 4.69) is 13.8 Å². The van der Waals surface area contributed by atoms with Crippen LogP contribution in [0.2, 0.25) is 0 Å². The van der Waals surface area contributed by atoms with Crippen molar-refractivity contribution >= 4 is 13.8 Å². The highest BCUT2D eigenvalue weighted by Crippen LogP contribution is 2.43. The highest BCUT2D eigenvalue weighted by molar-refractivity contribution is 7.47. The van der Waals surface area contributed by atoms with Crippen molar-refractivity contribution in [3.8, 4) is 0 Å². The molecular formula is C42H85O9P. The second-order valence-electron chi connectivity index (χ2n) is 15.1. The number of rotatable bonds is 43. The van der Waals surface area contributed by atoms with E-state index < -0.39 is 33.2 Å². The van der Waals surface area contributed by atoms with Crippen molar-refractivity contribution in [1.82, 2.24) is 0 Å². The monoisotopic (exact) mass is 765 g/mol. The van der Waals surface area contributed by atoms with Gasteiger partial charge in [0.05, 0.1) is 26.4 Å². The lowest BCUT2D eigenvalue weighted by molar-refractivity contribution is -0.154. The fourth-order valence-corrected chi connectivity index (χ4v) is 7.21. The van der Waals surface area contributed by atoms with E-state index in [1.54, 1.807) is 0 Å². The van der Waals surface area contributed by atoms with Crippen LogP contribution in [0, 0.1) is 0 Å². The minimum Gasteiger partial charge on any atom is -0.457 e. The molecule has 0 aromatic heterocycles.